The number of benzene rings is 1. The zero-order valence-electron chi connectivity index (χ0n) is 17.6. The molecule has 0 spiro atoms. The van der Waals surface area contributed by atoms with Gasteiger partial charge in [-0.3, -0.25) is 4.99 Å². The molecule has 2 heterocycles. The van der Waals surface area contributed by atoms with Crippen molar-refractivity contribution < 1.29 is 9.47 Å². The zero-order valence-corrected chi connectivity index (χ0v) is 17.6. The highest BCUT2D eigenvalue weighted by atomic mass is 16.5. The van der Waals surface area contributed by atoms with Crippen LogP contribution in [-0.2, 0) is 9.47 Å². The fraction of sp³-hybridized carbons (Fsp3) is 0.696. The summed E-state index contributed by atoms with van der Waals surface area (Å²) in [6.07, 6.45) is 6.41. The van der Waals surface area contributed by atoms with Crippen molar-refractivity contribution >= 4 is 5.96 Å². The summed E-state index contributed by atoms with van der Waals surface area (Å²) in [5, 5.41) is 3.47. The Balaban J connectivity index is 1.45. The second kappa shape index (κ2) is 11.4. The molecule has 1 aromatic rings. The molecule has 2 fully saturated rings. The molecule has 0 amide bonds. The average Bonchev–Trinajstić information content (AvgIpc) is 2.77. The molecule has 2 aliphatic heterocycles. The summed E-state index contributed by atoms with van der Waals surface area (Å²) >= 11 is 0. The SMILES string of the molecule is CCNC(=NCC(C)c1ccccc1)N1CCC(OCC2CCCCO2)CC1. The summed E-state index contributed by atoms with van der Waals surface area (Å²) in [6.45, 7) is 9.75. The van der Waals surface area contributed by atoms with E-state index in [0.29, 0.717) is 18.1 Å². The van der Waals surface area contributed by atoms with Crippen LogP contribution >= 0.6 is 0 Å². The van der Waals surface area contributed by atoms with E-state index >= 15 is 0 Å². The minimum absolute atomic E-state index is 0.310. The van der Waals surface area contributed by atoms with Crippen LogP contribution in [-0.4, -0.2) is 62.5 Å². The molecule has 2 atom stereocenters. The number of hydrogen-bond acceptors (Lipinski definition) is 3. The van der Waals surface area contributed by atoms with E-state index in [1.807, 2.05) is 0 Å². The summed E-state index contributed by atoms with van der Waals surface area (Å²) in [5.74, 6) is 1.46. The van der Waals surface area contributed by atoms with Crippen LogP contribution in [0.5, 0.6) is 0 Å². The first-order valence-electron chi connectivity index (χ1n) is 11.1. The molecule has 0 aliphatic carbocycles. The maximum absolute atomic E-state index is 6.15. The molecule has 0 bridgehead atoms. The van der Waals surface area contributed by atoms with Crippen LogP contribution in [0.4, 0.5) is 0 Å². The zero-order chi connectivity index (χ0) is 19.6. The van der Waals surface area contributed by atoms with Gasteiger partial charge in [0, 0.05) is 38.7 Å². The minimum Gasteiger partial charge on any atom is -0.376 e. The smallest absolute Gasteiger partial charge is 0.193 e. The van der Waals surface area contributed by atoms with Crippen LogP contribution in [0.2, 0.25) is 0 Å². The number of rotatable bonds is 7. The van der Waals surface area contributed by atoms with E-state index in [1.165, 1.54) is 18.4 Å². The van der Waals surface area contributed by atoms with E-state index in [1.54, 1.807) is 0 Å². The third kappa shape index (κ3) is 6.49. The van der Waals surface area contributed by atoms with Crippen LogP contribution in [0.15, 0.2) is 35.3 Å². The van der Waals surface area contributed by atoms with Crippen molar-refractivity contribution in [3.63, 3.8) is 0 Å². The molecule has 1 N–H and O–H groups in total. The maximum atomic E-state index is 6.15. The molecule has 2 unspecified atom stereocenters. The van der Waals surface area contributed by atoms with E-state index in [-0.39, 0.29) is 0 Å². The lowest BCUT2D eigenvalue weighted by Gasteiger charge is -2.35. The topological polar surface area (TPSA) is 46.1 Å². The fourth-order valence-corrected chi connectivity index (χ4v) is 3.95. The van der Waals surface area contributed by atoms with Crippen LogP contribution in [0, 0.1) is 0 Å². The van der Waals surface area contributed by atoms with Crippen LogP contribution in [0.1, 0.15) is 57.4 Å². The molecule has 5 heteroatoms. The van der Waals surface area contributed by atoms with Crippen molar-refractivity contribution in [2.24, 2.45) is 4.99 Å². The molecule has 2 aliphatic rings. The predicted molar refractivity (Wildman–Crippen MR) is 115 cm³/mol. The second-order valence-electron chi connectivity index (χ2n) is 8.01. The lowest BCUT2D eigenvalue weighted by Crippen LogP contribution is -2.47. The number of nitrogens with zero attached hydrogens (tertiary/aromatic N) is 2. The van der Waals surface area contributed by atoms with Gasteiger partial charge in [0.25, 0.3) is 0 Å². The number of piperidine rings is 1. The third-order valence-electron chi connectivity index (χ3n) is 5.75. The number of likely N-dealkylation sites (tertiary alicyclic amines) is 1. The maximum Gasteiger partial charge on any atom is 0.193 e. The third-order valence-corrected chi connectivity index (χ3v) is 5.75. The highest BCUT2D eigenvalue weighted by molar-refractivity contribution is 5.80. The van der Waals surface area contributed by atoms with Gasteiger partial charge in [0.2, 0.25) is 0 Å². The highest BCUT2D eigenvalue weighted by Gasteiger charge is 2.24. The van der Waals surface area contributed by atoms with Crippen molar-refractivity contribution in [3.05, 3.63) is 35.9 Å². The number of guanidine groups is 1. The lowest BCUT2D eigenvalue weighted by atomic mass is 10.0. The second-order valence-corrected chi connectivity index (χ2v) is 8.01. The predicted octanol–water partition coefficient (Wildman–Crippen LogP) is 3.81. The van der Waals surface area contributed by atoms with Crippen molar-refractivity contribution in [1.29, 1.82) is 0 Å². The van der Waals surface area contributed by atoms with Crippen LogP contribution in [0.25, 0.3) is 0 Å². The summed E-state index contributed by atoms with van der Waals surface area (Å²) in [5.41, 5.74) is 1.35. The number of nitrogens with one attached hydrogen (secondary N) is 1. The molecule has 28 heavy (non-hydrogen) atoms. The molecule has 3 rings (SSSR count). The van der Waals surface area contributed by atoms with Crippen molar-refractivity contribution in [1.82, 2.24) is 10.2 Å². The number of aliphatic imine (C=N–C) groups is 1. The van der Waals surface area contributed by atoms with Gasteiger partial charge in [-0.1, -0.05) is 37.3 Å². The van der Waals surface area contributed by atoms with E-state index in [4.69, 9.17) is 14.5 Å². The molecular weight excluding hydrogens is 350 g/mol. The molecule has 0 saturated carbocycles. The van der Waals surface area contributed by atoms with E-state index in [0.717, 1.165) is 64.6 Å². The van der Waals surface area contributed by atoms with Crippen LogP contribution in [0.3, 0.4) is 0 Å². The van der Waals surface area contributed by atoms with Crippen molar-refractivity contribution in [3.8, 4) is 0 Å². The fourth-order valence-electron chi connectivity index (χ4n) is 3.95. The van der Waals surface area contributed by atoms with Gasteiger partial charge in [-0.15, -0.1) is 0 Å². The Morgan fingerprint density at radius 3 is 2.68 bits per heavy atom. The van der Waals surface area contributed by atoms with Gasteiger partial charge in [0.05, 0.1) is 18.8 Å². The summed E-state index contributed by atoms with van der Waals surface area (Å²) in [6, 6.07) is 10.6. The first-order valence-corrected chi connectivity index (χ1v) is 11.1. The summed E-state index contributed by atoms with van der Waals surface area (Å²) < 4.78 is 11.9. The van der Waals surface area contributed by atoms with Gasteiger partial charge in [-0.2, -0.15) is 0 Å². The molecule has 1 aromatic carbocycles. The Kier molecular flexibility index (Phi) is 8.62. The van der Waals surface area contributed by atoms with Gasteiger partial charge >= 0.3 is 0 Å². The Hall–Kier alpha value is -1.59. The van der Waals surface area contributed by atoms with Gasteiger partial charge in [-0.05, 0) is 44.6 Å². The van der Waals surface area contributed by atoms with Gasteiger partial charge in [0.15, 0.2) is 5.96 Å². The molecule has 5 nitrogen and oxygen atoms in total. The highest BCUT2D eigenvalue weighted by Crippen LogP contribution is 2.19. The summed E-state index contributed by atoms with van der Waals surface area (Å²) in [4.78, 5) is 7.32. The van der Waals surface area contributed by atoms with E-state index in [9.17, 15) is 0 Å². The standard InChI is InChI=1S/C23H37N3O2/c1-3-24-23(25-17-19(2)20-9-5-4-6-10-20)26-14-12-21(13-15-26)28-18-22-11-7-8-16-27-22/h4-6,9-10,19,21-22H,3,7-8,11-18H2,1-2H3,(H,24,25). The number of hydrogen-bond donors (Lipinski definition) is 1. The first kappa shape index (κ1) is 21.1. The van der Waals surface area contributed by atoms with Crippen LogP contribution < -0.4 is 5.32 Å². The molecule has 0 radical (unpaired) electrons. The monoisotopic (exact) mass is 387 g/mol. The summed E-state index contributed by atoms with van der Waals surface area (Å²) in [7, 11) is 0. The average molecular weight is 388 g/mol. The molecule has 0 aromatic heterocycles. The largest absolute Gasteiger partial charge is 0.376 e. The molecular formula is C23H37N3O2. The Labute approximate surface area is 170 Å². The minimum atomic E-state index is 0.310. The molecule has 2 saturated heterocycles. The van der Waals surface area contributed by atoms with Gasteiger partial charge < -0.3 is 19.7 Å². The van der Waals surface area contributed by atoms with Crippen molar-refractivity contribution in [2.75, 3.05) is 39.4 Å². The Morgan fingerprint density at radius 2 is 2.00 bits per heavy atom. The number of ether oxygens (including phenoxy) is 2. The van der Waals surface area contributed by atoms with Crippen molar-refractivity contribution in [2.45, 2.75) is 64.1 Å². The lowest BCUT2D eigenvalue weighted by molar-refractivity contribution is -0.0721. The van der Waals surface area contributed by atoms with Gasteiger partial charge in [0.1, 0.15) is 0 Å². The Morgan fingerprint density at radius 1 is 1.21 bits per heavy atom. The quantitative estimate of drug-likeness (QED) is 0.571. The first-order chi connectivity index (χ1) is 13.8. The Bertz CT molecular complexity index is 579. The molecule has 156 valence electrons. The van der Waals surface area contributed by atoms with E-state index in [2.05, 4.69) is 54.4 Å². The van der Waals surface area contributed by atoms with E-state index < -0.39 is 0 Å². The van der Waals surface area contributed by atoms with Gasteiger partial charge in [-0.25, -0.2) is 0 Å². The normalized spacial score (nSPS) is 22.9.